The average molecular weight is 402 g/mol. The zero-order valence-electron chi connectivity index (χ0n) is 16.4. The van der Waals surface area contributed by atoms with E-state index >= 15 is 0 Å². The number of hydrogen-bond acceptors (Lipinski definition) is 2. The molecular formula is C26H24ClNO. The second-order valence-electron chi connectivity index (χ2n) is 7.50. The molecule has 2 aromatic carbocycles. The molecule has 1 aromatic heterocycles. The Morgan fingerprint density at radius 1 is 0.862 bits per heavy atom. The molecule has 1 aliphatic rings. The van der Waals surface area contributed by atoms with E-state index in [1.165, 1.54) is 32.1 Å². The Kier molecular flexibility index (Phi) is 6.49. The van der Waals surface area contributed by atoms with E-state index in [0.29, 0.717) is 0 Å². The van der Waals surface area contributed by atoms with Gasteiger partial charge in [-0.25, -0.2) is 4.98 Å². The molecular weight excluding hydrogens is 378 g/mol. The molecule has 0 saturated heterocycles. The van der Waals surface area contributed by atoms with Crippen LogP contribution in [0, 0.1) is 17.8 Å². The maximum absolute atomic E-state index is 5.94. The third-order valence-corrected chi connectivity index (χ3v) is 5.65. The number of benzene rings is 2. The quantitative estimate of drug-likeness (QED) is 0.440. The number of hydrogen-bond donors (Lipinski definition) is 0. The minimum atomic E-state index is 0.731. The van der Waals surface area contributed by atoms with Gasteiger partial charge in [-0.3, -0.25) is 0 Å². The smallest absolute Gasteiger partial charge is 0.119 e. The van der Waals surface area contributed by atoms with Gasteiger partial charge in [0.1, 0.15) is 11.4 Å². The summed E-state index contributed by atoms with van der Waals surface area (Å²) in [5.41, 5.74) is 3.84. The molecule has 0 N–H and O–H groups in total. The number of ether oxygens (including phenoxy) is 1. The number of nitrogens with zero attached hydrogens (tertiary/aromatic N) is 1. The molecule has 3 heteroatoms. The lowest BCUT2D eigenvalue weighted by molar-refractivity contribution is 0.279. The summed E-state index contributed by atoms with van der Waals surface area (Å²) in [7, 11) is 0. The summed E-state index contributed by atoms with van der Waals surface area (Å²) in [6.07, 6.45) is 8.51. The highest BCUT2D eigenvalue weighted by atomic mass is 35.5. The molecule has 29 heavy (non-hydrogen) atoms. The highest BCUT2D eigenvalue weighted by molar-refractivity contribution is 6.30. The molecule has 1 heterocycles. The zero-order chi connectivity index (χ0) is 19.9. The van der Waals surface area contributed by atoms with E-state index in [-0.39, 0.29) is 0 Å². The van der Waals surface area contributed by atoms with E-state index in [2.05, 4.69) is 16.8 Å². The first-order chi connectivity index (χ1) is 14.3. The number of halogens is 1. The SMILES string of the molecule is Clc1ccc(-c2ccc(C#Cc3ccc(OCCC4CCCC4)cc3)nc2)cc1. The van der Waals surface area contributed by atoms with Crippen LogP contribution in [0.4, 0.5) is 0 Å². The molecule has 0 aliphatic heterocycles. The van der Waals surface area contributed by atoms with Gasteiger partial charge in [0.05, 0.1) is 6.61 Å². The predicted octanol–water partition coefficient (Wildman–Crippen LogP) is 6.76. The molecule has 0 spiro atoms. The molecule has 0 atom stereocenters. The Balaban J connectivity index is 1.32. The highest BCUT2D eigenvalue weighted by Gasteiger charge is 2.14. The third kappa shape index (κ3) is 5.62. The van der Waals surface area contributed by atoms with Crippen molar-refractivity contribution in [3.05, 3.63) is 83.1 Å². The summed E-state index contributed by atoms with van der Waals surface area (Å²) in [6, 6.07) is 19.7. The molecule has 0 bridgehead atoms. The first-order valence-corrected chi connectivity index (χ1v) is 10.6. The number of aromatic nitrogens is 1. The summed E-state index contributed by atoms with van der Waals surface area (Å²) < 4.78 is 5.88. The third-order valence-electron chi connectivity index (χ3n) is 5.40. The van der Waals surface area contributed by atoms with Gasteiger partial charge in [-0.2, -0.15) is 0 Å². The molecule has 2 nitrogen and oxygen atoms in total. The van der Waals surface area contributed by atoms with Gasteiger partial charge in [0, 0.05) is 22.3 Å². The van der Waals surface area contributed by atoms with Crippen LogP contribution >= 0.6 is 11.6 Å². The van der Waals surface area contributed by atoms with E-state index in [1.807, 2.05) is 66.9 Å². The van der Waals surface area contributed by atoms with Crippen molar-refractivity contribution in [2.45, 2.75) is 32.1 Å². The topological polar surface area (TPSA) is 22.1 Å². The molecule has 3 aromatic rings. The summed E-state index contributed by atoms with van der Waals surface area (Å²) in [4.78, 5) is 4.46. The van der Waals surface area contributed by atoms with Gasteiger partial charge < -0.3 is 4.74 Å². The van der Waals surface area contributed by atoms with Gasteiger partial charge >= 0.3 is 0 Å². The van der Waals surface area contributed by atoms with Crippen molar-refractivity contribution in [3.63, 3.8) is 0 Å². The van der Waals surface area contributed by atoms with Gasteiger partial charge in [0.2, 0.25) is 0 Å². The van der Waals surface area contributed by atoms with Crippen molar-refractivity contribution in [3.8, 4) is 28.7 Å². The van der Waals surface area contributed by atoms with Gasteiger partial charge in [0.15, 0.2) is 0 Å². The standard InChI is InChI=1S/C26H24ClNO/c27-24-11-8-22(9-12-24)23-10-14-25(28-19-23)13-5-21-6-15-26(16-7-21)29-18-17-20-3-1-2-4-20/h6-12,14-16,19-20H,1-4,17-18H2. The summed E-state index contributed by atoms with van der Waals surface area (Å²) in [6.45, 7) is 0.805. The van der Waals surface area contributed by atoms with Crippen LogP contribution in [0.3, 0.4) is 0 Å². The fourth-order valence-corrected chi connectivity index (χ4v) is 3.82. The van der Waals surface area contributed by atoms with Gasteiger partial charge in [-0.1, -0.05) is 61.4 Å². The van der Waals surface area contributed by atoms with Crippen LogP contribution in [0.1, 0.15) is 43.4 Å². The van der Waals surface area contributed by atoms with E-state index < -0.39 is 0 Å². The van der Waals surface area contributed by atoms with E-state index in [1.54, 1.807) is 0 Å². The number of pyridine rings is 1. The zero-order valence-corrected chi connectivity index (χ0v) is 17.2. The highest BCUT2D eigenvalue weighted by Crippen LogP contribution is 2.27. The lowest BCUT2D eigenvalue weighted by Gasteiger charge is -2.10. The first-order valence-electron chi connectivity index (χ1n) is 10.2. The van der Waals surface area contributed by atoms with E-state index in [0.717, 1.165) is 45.7 Å². The van der Waals surface area contributed by atoms with Crippen LogP contribution < -0.4 is 4.74 Å². The van der Waals surface area contributed by atoms with Crippen molar-refractivity contribution in [1.82, 2.24) is 4.98 Å². The molecule has 0 unspecified atom stereocenters. The van der Waals surface area contributed by atoms with Gasteiger partial charge in [0.25, 0.3) is 0 Å². The lowest BCUT2D eigenvalue weighted by atomic mass is 10.1. The minimum Gasteiger partial charge on any atom is -0.494 e. The average Bonchev–Trinajstić information content (AvgIpc) is 3.28. The molecule has 1 saturated carbocycles. The Bertz CT molecular complexity index is 976. The summed E-state index contributed by atoms with van der Waals surface area (Å²) in [5.74, 6) is 8.07. The molecule has 146 valence electrons. The fraction of sp³-hybridized carbons (Fsp3) is 0.269. The van der Waals surface area contributed by atoms with Crippen LogP contribution in [-0.4, -0.2) is 11.6 Å². The molecule has 0 amide bonds. The van der Waals surface area contributed by atoms with Crippen LogP contribution in [0.25, 0.3) is 11.1 Å². The molecule has 1 aliphatic carbocycles. The second kappa shape index (κ2) is 9.63. The maximum atomic E-state index is 5.94. The largest absolute Gasteiger partial charge is 0.494 e. The van der Waals surface area contributed by atoms with Crippen molar-refractivity contribution in [2.24, 2.45) is 5.92 Å². The van der Waals surface area contributed by atoms with Gasteiger partial charge in [-0.15, -0.1) is 0 Å². The molecule has 0 radical (unpaired) electrons. The maximum Gasteiger partial charge on any atom is 0.119 e. The monoisotopic (exact) mass is 401 g/mol. The minimum absolute atomic E-state index is 0.731. The van der Waals surface area contributed by atoms with Crippen molar-refractivity contribution < 1.29 is 4.74 Å². The van der Waals surface area contributed by atoms with Crippen molar-refractivity contribution in [2.75, 3.05) is 6.61 Å². The Labute approximate surface area is 177 Å². The van der Waals surface area contributed by atoms with Crippen molar-refractivity contribution >= 4 is 11.6 Å². The Morgan fingerprint density at radius 2 is 1.59 bits per heavy atom. The van der Waals surface area contributed by atoms with Crippen LogP contribution in [0.5, 0.6) is 5.75 Å². The van der Waals surface area contributed by atoms with Gasteiger partial charge in [-0.05, 0) is 66.3 Å². The fourth-order valence-electron chi connectivity index (χ4n) is 3.69. The molecule has 4 rings (SSSR count). The molecule has 1 fully saturated rings. The van der Waals surface area contributed by atoms with Crippen LogP contribution in [0.15, 0.2) is 66.9 Å². The number of rotatable bonds is 5. The lowest BCUT2D eigenvalue weighted by Crippen LogP contribution is -2.03. The van der Waals surface area contributed by atoms with E-state index in [4.69, 9.17) is 16.3 Å². The Morgan fingerprint density at radius 3 is 2.28 bits per heavy atom. The van der Waals surface area contributed by atoms with E-state index in [9.17, 15) is 0 Å². The van der Waals surface area contributed by atoms with Crippen molar-refractivity contribution in [1.29, 1.82) is 0 Å². The summed E-state index contributed by atoms with van der Waals surface area (Å²) in [5, 5.41) is 0.731. The van der Waals surface area contributed by atoms with Crippen LogP contribution in [0.2, 0.25) is 5.02 Å². The second-order valence-corrected chi connectivity index (χ2v) is 7.94. The normalized spacial score (nSPS) is 13.7. The predicted molar refractivity (Wildman–Crippen MR) is 119 cm³/mol. The summed E-state index contributed by atoms with van der Waals surface area (Å²) >= 11 is 5.94. The first kappa shape index (κ1) is 19.6. The Hall–Kier alpha value is -2.76. The van der Waals surface area contributed by atoms with Crippen LogP contribution in [-0.2, 0) is 0 Å².